The van der Waals surface area contributed by atoms with E-state index in [1.54, 1.807) is 6.07 Å². The Balaban J connectivity index is 1.36. The van der Waals surface area contributed by atoms with Crippen LogP contribution in [0.4, 0.5) is 39.5 Å². The number of hydrogen-bond acceptors (Lipinski definition) is 1. The topological polar surface area (TPSA) is 9.23 Å². The van der Waals surface area contributed by atoms with Gasteiger partial charge in [-0.3, -0.25) is 0 Å². The van der Waals surface area contributed by atoms with Crippen LogP contribution >= 0.6 is 0 Å². The highest BCUT2D eigenvalue weighted by Gasteiger charge is 2.38. The molecule has 5 aromatic carbocycles. The Kier molecular flexibility index (Phi) is 8.27. The van der Waals surface area contributed by atoms with E-state index in [4.69, 9.17) is 0 Å². The predicted molar refractivity (Wildman–Crippen MR) is 148 cm³/mol. The molecule has 5 rings (SSSR count). The van der Waals surface area contributed by atoms with E-state index in [-0.39, 0.29) is 28.8 Å². The smallest absolute Gasteiger partial charge is 0.429 e. The van der Waals surface area contributed by atoms with E-state index in [1.807, 2.05) is 31.2 Å². The fourth-order valence-corrected chi connectivity index (χ4v) is 4.42. The summed E-state index contributed by atoms with van der Waals surface area (Å²) in [5, 5.41) is 0. The number of ether oxygens (including phenoxy) is 1. The average Bonchev–Trinajstić information content (AvgIpc) is 2.95. The molecule has 0 heterocycles. The van der Waals surface area contributed by atoms with E-state index in [0.29, 0.717) is 17.7 Å². The first-order valence-electron chi connectivity index (χ1n) is 12.9. The zero-order valence-corrected chi connectivity index (χ0v) is 22.5. The van der Waals surface area contributed by atoms with Crippen molar-refractivity contribution in [1.82, 2.24) is 0 Å². The van der Waals surface area contributed by atoms with Gasteiger partial charge < -0.3 is 4.74 Å². The molecule has 0 saturated carbocycles. The third-order valence-corrected chi connectivity index (χ3v) is 6.70. The lowest BCUT2D eigenvalue weighted by Crippen LogP contribution is -2.23. The van der Waals surface area contributed by atoms with E-state index in [2.05, 4.69) is 4.74 Å². The third-order valence-electron chi connectivity index (χ3n) is 6.70. The third kappa shape index (κ3) is 6.34. The molecule has 0 aliphatic rings. The normalized spacial score (nSPS) is 11.8. The largest absolute Gasteiger partial charge is 0.429 e. The van der Waals surface area contributed by atoms with Crippen molar-refractivity contribution >= 4 is 12.2 Å². The van der Waals surface area contributed by atoms with Crippen molar-refractivity contribution in [3.8, 4) is 28.0 Å². The van der Waals surface area contributed by atoms with Crippen molar-refractivity contribution in [2.75, 3.05) is 0 Å². The number of rotatable bonds is 7. The van der Waals surface area contributed by atoms with Crippen molar-refractivity contribution in [3.05, 3.63) is 148 Å². The van der Waals surface area contributed by atoms with Crippen molar-refractivity contribution in [1.29, 1.82) is 0 Å². The summed E-state index contributed by atoms with van der Waals surface area (Å²) in [6.45, 7) is 1.91. The van der Waals surface area contributed by atoms with Crippen molar-refractivity contribution in [2.24, 2.45) is 0 Å². The summed E-state index contributed by atoms with van der Waals surface area (Å²) in [7, 11) is 0. The SMILES string of the molecule is Cc1ccc(-c2ccc(-c3cc(F)c(/C=C/c4ccc(C(F)(F)Oc5cc(F)c(F)c(F)c5)c(F)c4)c(F)c3)c(F)c2)cc1. The van der Waals surface area contributed by atoms with Gasteiger partial charge in [0.05, 0.1) is 5.56 Å². The fourth-order valence-electron chi connectivity index (χ4n) is 4.42. The molecule has 0 amide bonds. The maximum absolute atomic E-state index is 15.0. The molecule has 0 saturated heterocycles. The van der Waals surface area contributed by atoms with Gasteiger partial charge in [0.1, 0.15) is 29.0 Å². The standard InChI is InChI=1S/C34H19F9O/c1-18-2-6-20(7-3-18)21-8-10-24(27(35)13-21)22-14-28(36)25(29(37)15-22)9-4-19-5-11-26(30(38)12-19)34(42,43)44-23-16-31(39)33(41)32(40)17-23/h2-17H,1H3/b9-4+. The molecule has 5 aromatic rings. The van der Waals surface area contributed by atoms with E-state index in [9.17, 15) is 39.5 Å². The minimum atomic E-state index is -4.43. The molecule has 0 aliphatic heterocycles. The highest BCUT2D eigenvalue weighted by Crippen LogP contribution is 2.35. The predicted octanol–water partition coefficient (Wildman–Crippen LogP) is 10.6. The zero-order valence-electron chi connectivity index (χ0n) is 22.5. The summed E-state index contributed by atoms with van der Waals surface area (Å²) in [4.78, 5) is 0. The van der Waals surface area contributed by atoms with Crippen molar-refractivity contribution in [2.45, 2.75) is 13.0 Å². The molecule has 0 aromatic heterocycles. The Morgan fingerprint density at radius 3 is 1.73 bits per heavy atom. The molecule has 0 spiro atoms. The molecule has 0 N–H and O–H groups in total. The summed E-state index contributed by atoms with van der Waals surface area (Å²) >= 11 is 0. The van der Waals surface area contributed by atoms with Gasteiger partial charge in [-0.2, -0.15) is 8.78 Å². The molecule has 0 atom stereocenters. The fraction of sp³-hybridized carbons (Fsp3) is 0.0588. The van der Waals surface area contributed by atoms with Gasteiger partial charge in [0.2, 0.25) is 0 Å². The van der Waals surface area contributed by atoms with Crippen LogP contribution in [0.5, 0.6) is 5.75 Å². The molecule has 0 bridgehead atoms. The second-order valence-corrected chi connectivity index (χ2v) is 9.81. The average molecular weight is 615 g/mol. The van der Waals surface area contributed by atoms with Gasteiger partial charge >= 0.3 is 6.11 Å². The minimum Gasteiger partial charge on any atom is -0.429 e. The Hall–Kier alpha value is -4.99. The maximum atomic E-state index is 15.0. The monoisotopic (exact) mass is 614 g/mol. The Labute approximate surface area is 245 Å². The van der Waals surface area contributed by atoms with Gasteiger partial charge in [-0.25, -0.2) is 30.7 Å². The first-order valence-corrected chi connectivity index (χ1v) is 12.9. The molecule has 0 aliphatic carbocycles. The van der Waals surface area contributed by atoms with E-state index < -0.39 is 63.7 Å². The Morgan fingerprint density at radius 1 is 0.545 bits per heavy atom. The molecule has 224 valence electrons. The number of alkyl halides is 2. The maximum Gasteiger partial charge on any atom is 0.429 e. The zero-order chi connectivity index (χ0) is 31.8. The van der Waals surface area contributed by atoms with Gasteiger partial charge in [0.15, 0.2) is 17.5 Å². The van der Waals surface area contributed by atoms with Crippen molar-refractivity contribution < 1.29 is 44.3 Å². The van der Waals surface area contributed by atoms with Crippen LogP contribution in [-0.4, -0.2) is 0 Å². The molecule has 0 radical (unpaired) electrons. The molecule has 0 fully saturated rings. The van der Waals surface area contributed by atoms with Crippen LogP contribution in [0.2, 0.25) is 0 Å². The van der Waals surface area contributed by atoms with Crippen molar-refractivity contribution in [3.63, 3.8) is 0 Å². The van der Waals surface area contributed by atoms with Crippen LogP contribution in [0, 0.1) is 47.6 Å². The Morgan fingerprint density at radius 2 is 1.14 bits per heavy atom. The van der Waals surface area contributed by atoms with Gasteiger partial charge in [0, 0.05) is 23.3 Å². The second-order valence-electron chi connectivity index (χ2n) is 9.81. The first kappa shape index (κ1) is 30.5. The van der Waals surface area contributed by atoms with Crippen LogP contribution in [0.15, 0.2) is 84.9 Å². The summed E-state index contributed by atoms with van der Waals surface area (Å²) < 4.78 is 132. The summed E-state index contributed by atoms with van der Waals surface area (Å²) in [5.74, 6) is -10.9. The summed E-state index contributed by atoms with van der Waals surface area (Å²) in [6, 6.07) is 16.0. The second kappa shape index (κ2) is 11.9. The summed E-state index contributed by atoms with van der Waals surface area (Å²) in [6.07, 6.45) is -2.43. The van der Waals surface area contributed by atoms with Crippen LogP contribution in [0.25, 0.3) is 34.4 Å². The molecule has 10 heteroatoms. The van der Waals surface area contributed by atoms with Crippen LogP contribution in [0.1, 0.15) is 22.3 Å². The number of halogens is 9. The van der Waals surface area contributed by atoms with E-state index >= 15 is 0 Å². The number of benzene rings is 5. The molecular formula is C34H19F9O. The van der Waals surface area contributed by atoms with Crippen LogP contribution in [0.3, 0.4) is 0 Å². The van der Waals surface area contributed by atoms with Crippen LogP contribution in [-0.2, 0) is 6.11 Å². The number of aryl methyl sites for hydroxylation is 1. The number of hydrogen-bond donors (Lipinski definition) is 0. The quantitative estimate of drug-likeness (QED) is 0.101. The lowest BCUT2D eigenvalue weighted by Gasteiger charge is -2.19. The molecule has 0 unspecified atom stereocenters. The van der Waals surface area contributed by atoms with Gasteiger partial charge in [-0.15, -0.1) is 0 Å². The molecule has 1 nitrogen and oxygen atoms in total. The molecular weight excluding hydrogens is 595 g/mol. The van der Waals surface area contributed by atoms with E-state index in [1.165, 1.54) is 12.1 Å². The minimum absolute atomic E-state index is 0.0406. The summed E-state index contributed by atoms with van der Waals surface area (Å²) in [5.41, 5.74) is 0.304. The Bertz CT molecular complexity index is 1850. The lowest BCUT2D eigenvalue weighted by atomic mass is 9.97. The highest BCUT2D eigenvalue weighted by atomic mass is 19.3. The van der Waals surface area contributed by atoms with Crippen LogP contribution < -0.4 is 4.74 Å². The van der Waals surface area contributed by atoms with E-state index in [0.717, 1.165) is 41.5 Å². The van der Waals surface area contributed by atoms with Gasteiger partial charge in [0.25, 0.3) is 0 Å². The van der Waals surface area contributed by atoms with Gasteiger partial charge in [-0.05, 0) is 65.6 Å². The molecule has 44 heavy (non-hydrogen) atoms. The first-order chi connectivity index (χ1) is 20.8. The highest BCUT2D eigenvalue weighted by molar-refractivity contribution is 5.75. The van der Waals surface area contributed by atoms with Gasteiger partial charge in [-0.1, -0.05) is 54.1 Å². The lowest BCUT2D eigenvalue weighted by molar-refractivity contribution is -0.187.